The fourth-order valence-corrected chi connectivity index (χ4v) is 7.85. The molecule has 0 bridgehead atoms. The molecule has 4 aliphatic rings. The van der Waals surface area contributed by atoms with Gasteiger partial charge in [0.2, 0.25) is 5.91 Å². The van der Waals surface area contributed by atoms with Gasteiger partial charge in [0.1, 0.15) is 11.4 Å². The van der Waals surface area contributed by atoms with Crippen molar-refractivity contribution in [1.82, 2.24) is 24.5 Å². The Kier molecular flexibility index (Phi) is 14.1. The third-order valence-electron chi connectivity index (χ3n) is 10.1. The van der Waals surface area contributed by atoms with Gasteiger partial charge < -0.3 is 23.8 Å². The van der Waals surface area contributed by atoms with Crippen LogP contribution in [0.4, 0.5) is 0 Å². The Balaban J connectivity index is 0.000000274. The second-order valence-corrected chi connectivity index (χ2v) is 16.1. The summed E-state index contributed by atoms with van der Waals surface area (Å²) in [6.07, 6.45) is 7.75. The summed E-state index contributed by atoms with van der Waals surface area (Å²) in [7, 11) is 0. The normalized spacial score (nSPS) is 16.6. The van der Waals surface area contributed by atoms with Crippen molar-refractivity contribution in [2.45, 2.75) is 105 Å². The zero-order chi connectivity index (χ0) is 34.9. The van der Waals surface area contributed by atoms with Crippen LogP contribution < -0.4 is 62.9 Å². The quantitative estimate of drug-likeness (QED) is 0.205. The van der Waals surface area contributed by atoms with Crippen molar-refractivity contribution < 1.29 is 65.8 Å². The van der Waals surface area contributed by atoms with Gasteiger partial charge in [-0.05, 0) is 74.6 Å². The first-order valence-electron chi connectivity index (χ1n) is 16.8. The molecule has 4 N–H and O–H groups in total. The summed E-state index contributed by atoms with van der Waals surface area (Å²) in [5, 5.41) is 10.7. The van der Waals surface area contributed by atoms with Crippen LogP contribution in [0.3, 0.4) is 0 Å². The van der Waals surface area contributed by atoms with Gasteiger partial charge in [0.25, 0.3) is 11.8 Å². The zero-order valence-corrected chi connectivity index (χ0v) is 34.7. The maximum atomic E-state index is 12.9. The van der Waals surface area contributed by atoms with E-state index in [1.165, 1.54) is 0 Å². The molecule has 0 atom stereocenters. The third-order valence-corrected chi connectivity index (χ3v) is 10.6. The molecular weight excluding hydrogens is 736 g/mol. The van der Waals surface area contributed by atoms with Gasteiger partial charge in [-0.25, -0.2) is 0 Å². The smallest absolute Gasteiger partial charge is 0.365 e. The number of aromatic nitrogens is 4. The molecule has 2 fully saturated rings. The Morgan fingerprint density at radius 2 is 1.25 bits per heavy atom. The Morgan fingerprint density at radius 1 is 0.774 bits per heavy atom. The minimum atomic E-state index is -0.530. The van der Waals surface area contributed by atoms with Crippen LogP contribution in [0, 0.1) is 12.8 Å². The van der Waals surface area contributed by atoms with Crippen molar-refractivity contribution in [2.75, 3.05) is 6.54 Å². The van der Waals surface area contributed by atoms with Crippen LogP contribution in [0.2, 0.25) is 10.0 Å². The number of primary amides is 2. The van der Waals surface area contributed by atoms with Crippen molar-refractivity contribution >= 4 is 40.9 Å². The molecule has 10 nitrogen and oxygen atoms in total. The maximum absolute atomic E-state index is 12.9. The first-order chi connectivity index (χ1) is 23.2. The molecule has 4 aromatic rings. The van der Waals surface area contributed by atoms with Gasteiger partial charge in [-0.1, -0.05) is 83.1 Å². The van der Waals surface area contributed by atoms with Gasteiger partial charge in [-0.15, -0.1) is 0 Å². The van der Waals surface area contributed by atoms with Crippen molar-refractivity contribution in [3.8, 4) is 22.5 Å². The predicted octanol–water partition coefficient (Wildman–Crippen LogP) is 5.42. The number of amides is 3. The molecule has 8 rings (SSSR count). The maximum Gasteiger partial charge on any atom is 1.00 e. The molecule has 4 heterocycles. The number of halogens is 2. The average Bonchev–Trinajstić information content (AvgIpc) is 3.89. The Bertz CT molecular complexity index is 2010. The van der Waals surface area contributed by atoms with Crippen LogP contribution >= 0.6 is 23.2 Å². The van der Waals surface area contributed by atoms with E-state index in [-0.39, 0.29) is 96.1 Å². The molecule has 0 saturated heterocycles. The number of fused-ring (bicyclic) bond motifs is 4. The molecule has 13 heteroatoms. The standard InChI is InChI=1S/C21H25ClN4O2.C16H16ClN3O.2CH4.CH3.K/c1-20(2,3)10-16(27)25-11-15-17(19(23)28)18(13-5-4-6-14(22)9-13)24-26(15)21(12-25)7-8-21;17-11-4-1-3-10(9-11)14-13(15(18)21)12-5-2-6-16(7-8-16)20(12)19-14;;;;/h4-6,9H,7-8,10-12H2,1-3H3,(H2,23,28);1,3-4,9H,2,5-8H2,(H2,18,21);2*1H4;1H3;/q;;;;-1;+1. The van der Waals surface area contributed by atoms with Crippen LogP contribution in [0.5, 0.6) is 0 Å². The first-order valence-corrected chi connectivity index (χ1v) is 17.6. The number of hydrogen-bond donors (Lipinski definition) is 2. The van der Waals surface area contributed by atoms with Gasteiger partial charge in [-0.3, -0.25) is 23.7 Å². The predicted molar refractivity (Wildman–Crippen MR) is 209 cm³/mol. The van der Waals surface area contributed by atoms with Gasteiger partial charge in [-0.2, -0.15) is 10.2 Å². The molecule has 0 radical (unpaired) electrons. The number of nitrogens with two attached hydrogens (primary N) is 2. The van der Waals surface area contributed by atoms with Gasteiger partial charge in [0, 0.05) is 34.1 Å². The molecule has 2 aromatic carbocycles. The Morgan fingerprint density at radius 3 is 1.68 bits per heavy atom. The number of nitrogens with zero attached hydrogens (tertiary/aromatic N) is 5. The number of carbonyl (C=O) groups is 3. The zero-order valence-electron chi connectivity index (χ0n) is 30.1. The van der Waals surface area contributed by atoms with E-state index in [9.17, 15) is 14.4 Å². The van der Waals surface area contributed by atoms with Crippen molar-refractivity contribution in [3.63, 3.8) is 0 Å². The van der Waals surface area contributed by atoms with E-state index in [1.54, 1.807) is 12.1 Å². The third kappa shape index (κ3) is 8.82. The van der Waals surface area contributed by atoms with Gasteiger partial charge >= 0.3 is 51.4 Å². The van der Waals surface area contributed by atoms with Gasteiger partial charge in [0.05, 0.1) is 40.1 Å². The fraction of sp³-hybridized carbons (Fsp3) is 0.450. The Hall–Kier alpha value is -2.51. The minimum absolute atomic E-state index is 0. The molecule has 2 aliphatic heterocycles. The number of rotatable bonds is 5. The van der Waals surface area contributed by atoms with Crippen LogP contribution in [0.1, 0.15) is 113 Å². The van der Waals surface area contributed by atoms with Crippen molar-refractivity contribution in [2.24, 2.45) is 16.9 Å². The molecular formula is C40H52Cl2KN7O3. The molecule has 2 spiro atoms. The molecule has 280 valence electrons. The summed E-state index contributed by atoms with van der Waals surface area (Å²) in [6, 6.07) is 14.7. The van der Waals surface area contributed by atoms with E-state index < -0.39 is 11.8 Å². The van der Waals surface area contributed by atoms with E-state index in [0.717, 1.165) is 67.5 Å². The minimum Gasteiger partial charge on any atom is -0.365 e. The summed E-state index contributed by atoms with van der Waals surface area (Å²) >= 11 is 12.2. The molecule has 0 unspecified atom stereocenters. The summed E-state index contributed by atoms with van der Waals surface area (Å²) < 4.78 is 4.02. The number of benzene rings is 2. The van der Waals surface area contributed by atoms with Crippen LogP contribution in [-0.2, 0) is 28.8 Å². The fourth-order valence-electron chi connectivity index (χ4n) is 7.47. The summed E-state index contributed by atoms with van der Waals surface area (Å²) in [6.45, 7) is 7.14. The molecule has 2 saturated carbocycles. The average molecular weight is 789 g/mol. The molecule has 2 aromatic heterocycles. The van der Waals surface area contributed by atoms with E-state index in [2.05, 4.69) is 25.5 Å². The van der Waals surface area contributed by atoms with Crippen molar-refractivity contribution in [1.29, 1.82) is 0 Å². The van der Waals surface area contributed by atoms with Crippen LogP contribution in [0.15, 0.2) is 48.5 Å². The van der Waals surface area contributed by atoms with Crippen LogP contribution in [0.25, 0.3) is 22.5 Å². The SMILES string of the molecule is C.C.CC(C)(C)CC(=O)N1Cc2c(C(N)=O)c(-c3cccc(Cl)c3)nn2C2(CC2)C1.NC(=O)c1c(-c2cccc(Cl)c2)nn2c1CCCC21CC1.[CH3-].[K+]. The van der Waals surface area contributed by atoms with Gasteiger partial charge in [0.15, 0.2) is 0 Å². The largest absolute Gasteiger partial charge is 1.00 e. The summed E-state index contributed by atoms with van der Waals surface area (Å²) in [5.41, 5.74) is 16.8. The monoisotopic (exact) mass is 787 g/mol. The van der Waals surface area contributed by atoms with E-state index in [1.807, 2.05) is 46.0 Å². The number of carbonyl (C=O) groups excluding carboxylic acids is 3. The van der Waals surface area contributed by atoms with E-state index in [0.29, 0.717) is 52.1 Å². The summed E-state index contributed by atoms with van der Waals surface area (Å²) in [4.78, 5) is 39.1. The summed E-state index contributed by atoms with van der Waals surface area (Å²) in [5.74, 6) is -0.827. The van der Waals surface area contributed by atoms with Crippen molar-refractivity contribution in [3.05, 3.63) is 88.5 Å². The van der Waals surface area contributed by atoms with E-state index in [4.69, 9.17) is 44.9 Å². The second kappa shape index (κ2) is 16.7. The number of hydrogen-bond acceptors (Lipinski definition) is 5. The molecule has 3 amide bonds. The molecule has 2 aliphatic carbocycles. The van der Waals surface area contributed by atoms with Crippen LogP contribution in [-0.4, -0.2) is 48.7 Å². The Labute approximate surface area is 366 Å². The second-order valence-electron chi connectivity index (χ2n) is 15.2. The van der Waals surface area contributed by atoms with E-state index >= 15 is 0 Å². The molecule has 53 heavy (non-hydrogen) atoms. The first kappa shape index (κ1) is 44.9. The topological polar surface area (TPSA) is 142 Å².